The molecule has 0 saturated carbocycles. The van der Waals surface area contributed by atoms with Gasteiger partial charge in [-0.3, -0.25) is 4.57 Å². The second-order valence-electron chi connectivity index (χ2n) is 6.40. The van der Waals surface area contributed by atoms with Crippen LogP contribution in [0.2, 0.25) is 0 Å². The van der Waals surface area contributed by atoms with Gasteiger partial charge in [0.1, 0.15) is 17.6 Å². The first-order chi connectivity index (χ1) is 13.7. The minimum atomic E-state index is -4.30. The highest BCUT2D eigenvalue weighted by Gasteiger charge is 2.36. The van der Waals surface area contributed by atoms with Crippen LogP contribution in [0.25, 0.3) is 5.69 Å². The predicted octanol–water partition coefficient (Wildman–Crippen LogP) is 4.23. The Kier molecular flexibility index (Phi) is 6.90. The molecule has 0 aliphatic carbocycles. The molecule has 0 amide bonds. The third-order valence-corrected chi connectivity index (χ3v) is 4.42. The molecular weight excluding hydrogens is 387 g/mol. The average Bonchev–Trinajstić information content (AvgIpc) is 3.05. The zero-order chi connectivity index (χ0) is 21.8. The van der Waals surface area contributed by atoms with Crippen molar-refractivity contribution in [1.29, 1.82) is 5.26 Å². The molecule has 0 aliphatic rings. The molecule has 1 atom stereocenters. The Hall–Kier alpha value is -3.02. The van der Waals surface area contributed by atoms with Crippen LogP contribution in [0.3, 0.4) is 0 Å². The Morgan fingerprint density at radius 3 is 2.55 bits per heavy atom. The Morgan fingerprint density at radius 2 is 2.03 bits per heavy atom. The van der Waals surface area contributed by atoms with Gasteiger partial charge in [0.15, 0.2) is 11.4 Å². The number of nitriles is 1. The fraction of sp³-hybridized carbons (Fsp3) is 0.450. The van der Waals surface area contributed by atoms with Gasteiger partial charge in [-0.25, -0.2) is 9.78 Å². The van der Waals surface area contributed by atoms with Gasteiger partial charge >= 0.3 is 12.1 Å². The lowest BCUT2D eigenvalue weighted by Gasteiger charge is -2.18. The van der Waals surface area contributed by atoms with Gasteiger partial charge in [0.2, 0.25) is 0 Å². The first-order valence-electron chi connectivity index (χ1n) is 9.10. The fourth-order valence-electron chi connectivity index (χ4n) is 2.91. The minimum absolute atomic E-state index is 0.0185. The van der Waals surface area contributed by atoms with Crippen LogP contribution in [0.4, 0.5) is 13.2 Å². The van der Waals surface area contributed by atoms with Crippen molar-refractivity contribution < 1.29 is 27.4 Å². The highest BCUT2D eigenvalue weighted by molar-refractivity contribution is 5.90. The Bertz CT molecular complexity index is 930. The van der Waals surface area contributed by atoms with Gasteiger partial charge in [0.05, 0.1) is 25.3 Å². The molecule has 0 N–H and O–H groups in total. The van der Waals surface area contributed by atoms with E-state index in [2.05, 4.69) is 4.98 Å². The number of alkyl halides is 3. The van der Waals surface area contributed by atoms with Crippen molar-refractivity contribution in [2.45, 2.75) is 39.8 Å². The predicted molar refractivity (Wildman–Crippen MR) is 99.1 cm³/mol. The number of aromatic nitrogens is 2. The summed E-state index contributed by atoms with van der Waals surface area (Å²) >= 11 is 0. The van der Waals surface area contributed by atoms with E-state index in [0.29, 0.717) is 23.5 Å². The van der Waals surface area contributed by atoms with Crippen molar-refractivity contribution in [3.05, 3.63) is 41.0 Å². The van der Waals surface area contributed by atoms with Gasteiger partial charge in [-0.1, -0.05) is 19.9 Å². The lowest BCUT2D eigenvalue weighted by molar-refractivity contribution is -0.169. The van der Waals surface area contributed by atoms with Crippen molar-refractivity contribution in [2.75, 3.05) is 13.7 Å². The number of aryl methyl sites for hydroxylation is 1. The summed E-state index contributed by atoms with van der Waals surface area (Å²) in [6.45, 7) is 4.70. The van der Waals surface area contributed by atoms with Crippen LogP contribution >= 0.6 is 0 Å². The molecule has 1 unspecified atom stereocenters. The van der Waals surface area contributed by atoms with E-state index in [4.69, 9.17) is 9.47 Å². The number of methoxy groups -OCH3 is 1. The number of nitrogens with zero attached hydrogens (tertiary/aromatic N) is 3. The first kappa shape index (κ1) is 22.3. The SMILES string of the molecule is CCOC(=O)c1nc(CC)n(-c2ccc(CC(C)C(F)(F)F)cc2OC)c1C#N. The maximum atomic E-state index is 12.9. The van der Waals surface area contributed by atoms with Crippen molar-refractivity contribution in [2.24, 2.45) is 5.92 Å². The van der Waals surface area contributed by atoms with E-state index < -0.39 is 18.1 Å². The van der Waals surface area contributed by atoms with Crippen LogP contribution in [0.1, 0.15) is 48.3 Å². The summed E-state index contributed by atoms with van der Waals surface area (Å²) in [7, 11) is 1.39. The molecule has 2 rings (SSSR count). The fourth-order valence-corrected chi connectivity index (χ4v) is 2.91. The highest BCUT2D eigenvalue weighted by atomic mass is 19.4. The van der Waals surface area contributed by atoms with Crippen molar-refractivity contribution in [1.82, 2.24) is 9.55 Å². The topological polar surface area (TPSA) is 77.1 Å². The van der Waals surface area contributed by atoms with Gasteiger partial charge in [0.25, 0.3) is 0 Å². The molecule has 0 spiro atoms. The summed E-state index contributed by atoms with van der Waals surface area (Å²) in [5.74, 6) is -1.52. The average molecular weight is 409 g/mol. The molecule has 0 fully saturated rings. The standard InChI is InChI=1S/C20H22F3N3O3/c1-5-17-25-18(19(27)29-6-2)15(11-24)26(17)14-8-7-13(10-16(14)28-4)9-12(3)20(21,22)23/h7-8,10,12H,5-6,9H2,1-4H3. The third-order valence-electron chi connectivity index (χ3n) is 4.42. The molecule has 1 aromatic heterocycles. The van der Waals surface area contributed by atoms with Gasteiger partial charge in [-0.2, -0.15) is 18.4 Å². The minimum Gasteiger partial charge on any atom is -0.495 e. The zero-order valence-electron chi connectivity index (χ0n) is 16.6. The summed E-state index contributed by atoms with van der Waals surface area (Å²) in [6.07, 6.45) is -4.10. The molecular formula is C20H22F3N3O3. The Balaban J connectivity index is 2.57. The maximum absolute atomic E-state index is 12.9. The van der Waals surface area contributed by atoms with E-state index in [-0.39, 0.29) is 30.2 Å². The number of carbonyl (C=O) groups excluding carboxylic acids is 1. The maximum Gasteiger partial charge on any atom is 0.391 e. The van der Waals surface area contributed by atoms with E-state index >= 15 is 0 Å². The zero-order valence-corrected chi connectivity index (χ0v) is 16.6. The summed E-state index contributed by atoms with van der Waals surface area (Å²) in [5, 5.41) is 9.63. The smallest absolute Gasteiger partial charge is 0.391 e. The number of hydrogen-bond acceptors (Lipinski definition) is 5. The monoisotopic (exact) mass is 409 g/mol. The van der Waals surface area contributed by atoms with Crippen LogP contribution < -0.4 is 4.74 Å². The van der Waals surface area contributed by atoms with Crippen molar-refractivity contribution in [3.63, 3.8) is 0 Å². The quantitative estimate of drug-likeness (QED) is 0.640. The molecule has 0 radical (unpaired) electrons. The van der Waals surface area contributed by atoms with Crippen molar-refractivity contribution >= 4 is 5.97 Å². The molecule has 156 valence electrons. The number of benzene rings is 1. The lowest BCUT2D eigenvalue weighted by Crippen LogP contribution is -2.21. The van der Waals surface area contributed by atoms with E-state index in [0.717, 1.165) is 6.92 Å². The second kappa shape index (κ2) is 8.99. The number of esters is 1. The van der Waals surface area contributed by atoms with E-state index in [1.54, 1.807) is 26.0 Å². The van der Waals surface area contributed by atoms with E-state index in [1.165, 1.54) is 17.7 Å². The summed E-state index contributed by atoms with van der Waals surface area (Å²) in [6, 6.07) is 6.58. The van der Waals surface area contributed by atoms with E-state index in [1.807, 2.05) is 6.07 Å². The molecule has 0 saturated heterocycles. The molecule has 1 heterocycles. The molecule has 2 aromatic rings. The number of rotatable bonds is 7. The van der Waals surface area contributed by atoms with Crippen LogP contribution in [0.5, 0.6) is 5.75 Å². The summed E-state index contributed by atoms with van der Waals surface area (Å²) < 4.78 is 50.4. The van der Waals surface area contributed by atoms with Crippen LogP contribution in [-0.2, 0) is 17.6 Å². The molecule has 0 aliphatic heterocycles. The first-order valence-corrected chi connectivity index (χ1v) is 9.10. The number of imidazole rings is 1. The Morgan fingerprint density at radius 1 is 1.34 bits per heavy atom. The summed E-state index contributed by atoms with van der Waals surface area (Å²) in [4.78, 5) is 16.4. The molecule has 9 heteroatoms. The highest BCUT2D eigenvalue weighted by Crippen LogP contribution is 2.32. The van der Waals surface area contributed by atoms with Crippen molar-refractivity contribution in [3.8, 4) is 17.5 Å². The number of carbonyl (C=O) groups is 1. The van der Waals surface area contributed by atoms with Gasteiger partial charge in [-0.15, -0.1) is 0 Å². The Labute approximate surface area is 166 Å². The molecule has 29 heavy (non-hydrogen) atoms. The normalized spacial score (nSPS) is 12.3. The van der Waals surface area contributed by atoms with E-state index in [9.17, 15) is 23.2 Å². The lowest BCUT2D eigenvalue weighted by atomic mass is 10.00. The van der Waals surface area contributed by atoms with Crippen LogP contribution in [0, 0.1) is 17.2 Å². The largest absolute Gasteiger partial charge is 0.495 e. The number of halogens is 3. The third kappa shape index (κ3) is 4.70. The molecule has 6 nitrogen and oxygen atoms in total. The molecule has 1 aromatic carbocycles. The number of ether oxygens (including phenoxy) is 2. The number of hydrogen-bond donors (Lipinski definition) is 0. The molecule has 0 bridgehead atoms. The van der Waals surface area contributed by atoms with Gasteiger partial charge in [-0.05, 0) is 31.0 Å². The summed E-state index contributed by atoms with van der Waals surface area (Å²) in [5.41, 5.74) is 0.725. The van der Waals surface area contributed by atoms with Crippen LogP contribution in [-0.4, -0.2) is 35.4 Å². The second-order valence-corrected chi connectivity index (χ2v) is 6.40. The van der Waals surface area contributed by atoms with Gasteiger partial charge < -0.3 is 9.47 Å². The van der Waals surface area contributed by atoms with Crippen LogP contribution in [0.15, 0.2) is 18.2 Å². The van der Waals surface area contributed by atoms with Gasteiger partial charge in [0, 0.05) is 6.42 Å².